The highest BCUT2D eigenvalue weighted by Gasteiger charge is 2.14. The van der Waals surface area contributed by atoms with Crippen molar-refractivity contribution in [2.45, 2.75) is 12.5 Å². The number of benzene rings is 2. The van der Waals surface area contributed by atoms with Gasteiger partial charge in [0.05, 0.1) is 12.6 Å². The van der Waals surface area contributed by atoms with Crippen molar-refractivity contribution in [3.8, 4) is 11.5 Å². The van der Waals surface area contributed by atoms with Gasteiger partial charge >= 0.3 is 0 Å². The van der Waals surface area contributed by atoms with E-state index in [-0.39, 0.29) is 0 Å². The molecule has 1 heterocycles. The normalized spacial score (nSPS) is 18.2. The van der Waals surface area contributed by atoms with Gasteiger partial charge in [-0.05, 0) is 42.8 Å². The first-order valence-corrected chi connectivity index (χ1v) is 6.57. The van der Waals surface area contributed by atoms with Crippen LogP contribution in [-0.4, -0.2) is 19.3 Å². The highest BCUT2D eigenvalue weighted by Crippen LogP contribution is 2.23. The molecule has 0 saturated carbocycles. The van der Waals surface area contributed by atoms with Gasteiger partial charge < -0.3 is 14.8 Å². The smallest absolute Gasteiger partial charge is 0.127 e. The van der Waals surface area contributed by atoms with Gasteiger partial charge in [0, 0.05) is 12.3 Å². The minimum Gasteiger partial charge on any atom is -0.457 e. The van der Waals surface area contributed by atoms with E-state index >= 15 is 0 Å². The molecular weight excluding hydrogens is 238 g/mol. The zero-order chi connectivity index (χ0) is 12.9. The summed E-state index contributed by atoms with van der Waals surface area (Å²) in [5.74, 6) is 1.70. The molecule has 1 saturated heterocycles. The van der Waals surface area contributed by atoms with Gasteiger partial charge in [0.15, 0.2) is 0 Å². The lowest BCUT2D eigenvalue weighted by Gasteiger charge is -2.12. The van der Waals surface area contributed by atoms with Crippen LogP contribution in [0.3, 0.4) is 0 Å². The van der Waals surface area contributed by atoms with E-state index in [0.29, 0.717) is 6.04 Å². The lowest BCUT2D eigenvalue weighted by Crippen LogP contribution is -2.18. The Morgan fingerprint density at radius 3 is 2.37 bits per heavy atom. The molecule has 3 rings (SSSR count). The van der Waals surface area contributed by atoms with Crippen LogP contribution in [0.4, 0.5) is 5.69 Å². The zero-order valence-corrected chi connectivity index (χ0v) is 10.7. The van der Waals surface area contributed by atoms with Crippen LogP contribution in [0.25, 0.3) is 0 Å². The van der Waals surface area contributed by atoms with Gasteiger partial charge in [0.2, 0.25) is 0 Å². The van der Waals surface area contributed by atoms with Crippen LogP contribution in [0.5, 0.6) is 11.5 Å². The molecule has 98 valence electrons. The predicted molar refractivity (Wildman–Crippen MR) is 75.8 cm³/mol. The van der Waals surface area contributed by atoms with Crippen molar-refractivity contribution in [1.29, 1.82) is 0 Å². The second kappa shape index (κ2) is 5.76. The summed E-state index contributed by atoms with van der Waals surface area (Å²) in [6.07, 6.45) is 1.07. The number of hydrogen-bond donors (Lipinski definition) is 1. The maximum absolute atomic E-state index is 5.75. The molecule has 0 bridgehead atoms. The molecule has 1 unspecified atom stereocenters. The zero-order valence-electron chi connectivity index (χ0n) is 10.7. The van der Waals surface area contributed by atoms with E-state index in [1.807, 2.05) is 54.6 Å². The predicted octanol–water partition coefficient (Wildman–Crippen LogP) is 3.68. The molecule has 0 amide bonds. The van der Waals surface area contributed by atoms with Gasteiger partial charge in [0.25, 0.3) is 0 Å². The summed E-state index contributed by atoms with van der Waals surface area (Å²) in [6.45, 7) is 1.65. The molecule has 2 aromatic rings. The van der Waals surface area contributed by atoms with Crippen LogP contribution in [0, 0.1) is 0 Å². The minimum absolute atomic E-state index is 0.431. The molecular formula is C16H17NO2. The summed E-state index contributed by atoms with van der Waals surface area (Å²) in [4.78, 5) is 0. The van der Waals surface area contributed by atoms with E-state index in [2.05, 4.69) is 5.32 Å². The molecule has 1 N–H and O–H groups in total. The van der Waals surface area contributed by atoms with Crippen LogP contribution in [-0.2, 0) is 4.74 Å². The van der Waals surface area contributed by atoms with Crippen molar-refractivity contribution in [3.63, 3.8) is 0 Å². The van der Waals surface area contributed by atoms with Crippen LogP contribution >= 0.6 is 0 Å². The van der Waals surface area contributed by atoms with Crippen molar-refractivity contribution in [1.82, 2.24) is 0 Å². The Bertz CT molecular complexity index is 504. The molecule has 3 nitrogen and oxygen atoms in total. The summed E-state index contributed by atoms with van der Waals surface area (Å²) >= 11 is 0. The average molecular weight is 255 g/mol. The molecule has 0 spiro atoms. The van der Waals surface area contributed by atoms with Gasteiger partial charge in [0.1, 0.15) is 11.5 Å². The Balaban J connectivity index is 1.62. The highest BCUT2D eigenvalue weighted by atomic mass is 16.5. The first-order valence-electron chi connectivity index (χ1n) is 6.57. The molecule has 1 aliphatic heterocycles. The Morgan fingerprint density at radius 1 is 0.947 bits per heavy atom. The number of rotatable bonds is 4. The van der Waals surface area contributed by atoms with Crippen LogP contribution < -0.4 is 10.1 Å². The van der Waals surface area contributed by atoms with E-state index < -0.39 is 0 Å². The largest absolute Gasteiger partial charge is 0.457 e. The van der Waals surface area contributed by atoms with Crippen LogP contribution in [0.2, 0.25) is 0 Å². The van der Waals surface area contributed by atoms with Crippen LogP contribution in [0.1, 0.15) is 6.42 Å². The van der Waals surface area contributed by atoms with Gasteiger partial charge in [-0.1, -0.05) is 18.2 Å². The average Bonchev–Trinajstić information content (AvgIpc) is 2.95. The quantitative estimate of drug-likeness (QED) is 0.904. The van der Waals surface area contributed by atoms with Gasteiger partial charge in [-0.15, -0.1) is 0 Å². The lowest BCUT2D eigenvalue weighted by molar-refractivity contribution is 0.195. The standard InChI is InChI=1S/C16H17NO2/c1-2-4-15(5-3-1)19-16-8-6-13(7-9-16)17-14-10-11-18-12-14/h1-9,14,17H,10-12H2. The molecule has 1 aliphatic rings. The summed E-state index contributed by atoms with van der Waals surface area (Å²) in [5, 5.41) is 3.45. The number of anilines is 1. The van der Waals surface area contributed by atoms with Gasteiger partial charge in [-0.25, -0.2) is 0 Å². The van der Waals surface area contributed by atoms with E-state index in [4.69, 9.17) is 9.47 Å². The van der Waals surface area contributed by atoms with Crippen molar-refractivity contribution < 1.29 is 9.47 Å². The molecule has 0 aromatic heterocycles. The molecule has 2 aromatic carbocycles. The molecule has 0 aliphatic carbocycles. The summed E-state index contributed by atoms with van der Waals surface area (Å²) in [6, 6.07) is 18.3. The third-order valence-electron chi connectivity index (χ3n) is 3.13. The van der Waals surface area contributed by atoms with Crippen molar-refractivity contribution in [2.75, 3.05) is 18.5 Å². The fraction of sp³-hybridized carbons (Fsp3) is 0.250. The molecule has 1 fully saturated rings. The lowest BCUT2D eigenvalue weighted by atomic mass is 10.2. The molecule has 1 atom stereocenters. The Hall–Kier alpha value is -2.00. The summed E-state index contributed by atoms with van der Waals surface area (Å²) in [5.41, 5.74) is 1.11. The molecule has 0 radical (unpaired) electrons. The van der Waals surface area contributed by atoms with E-state index in [1.54, 1.807) is 0 Å². The first kappa shape index (κ1) is 12.1. The summed E-state index contributed by atoms with van der Waals surface area (Å²) < 4.78 is 11.1. The third kappa shape index (κ3) is 3.26. The Kier molecular flexibility index (Phi) is 3.65. The maximum atomic E-state index is 5.75. The van der Waals surface area contributed by atoms with Gasteiger partial charge in [-0.2, -0.15) is 0 Å². The number of para-hydroxylation sites is 1. The van der Waals surface area contributed by atoms with Gasteiger partial charge in [-0.3, -0.25) is 0 Å². The van der Waals surface area contributed by atoms with Crippen LogP contribution in [0.15, 0.2) is 54.6 Å². The topological polar surface area (TPSA) is 30.5 Å². The minimum atomic E-state index is 0.431. The SMILES string of the molecule is c1ccc(Oc2ccc(NC3CCOC3)cc2)cc1. The first-order chi connectivity index (χ1) is 9.40. The van der Waals surface area contributed by atoms with Crippen molar-refractivity contribution in [2.24, 2.45) is 0 Å². The number of ether oxygens (including phenoxy) is 2. The second-order valence-corrected chi connectivity index (χ2v) is 4.64. The monoisotopic (exact) mass is 255 g/mol. The van der Waals surface area contributed by atoms with Crippen molar-refractivity contribution >= 4 is 5.69 Å². The fourth-order valence-electron chi connectivity index (χ4n) is 2.13. The second-order valence-electron chi connectivity index (χ2n) is 4.64. The van der Waals surface area contributed by atoms with E-state index in [9.17, 15) is 0 Å². The third-order valence-corrected chi connectivity index (χ3v) is 3.13. The number of hydrogen-bond acceptors (Lipinski definition) is 3. The fourth-order valence-corrected chi connectivity index (χ4v) is 2.13. The van der Waals surface area contributed by atoms with E-state index in [0.717, 1.165) is 36.8 Å². The Morgan fingerprint density at radius 2 is 1.68 bits per heavy atom. The summed E-state index contributed by atoms with van der Waals surface area (Å²) in [7, 11) is 0. The maximum Gasteiger partial charge on any atom is 0.127 e. The highest BCUT2D eigenvalue weighted by molar-refractivity contribution is 5.48. The Labute approximate surface area is 113 Å². The molecule has 3 heteroatoms. The molecule has 19 heavy (non-hydrogen) atoms. The van der Waals surface area contributed by atoms with E-state index in [1.165, 1.54) is 0 Å². The van der Waals surface area contributed by atoms with Crippen molar-refractivity contribution in [3.05, 3.63) is 54.6 Å². The number of nitrogens with one attached hydrogen (secondary N) is 1.